The van der Waals surface area contributed by atoms with Gasteiger partial charge in [-0.25, -0.2) is 0 Å². The molecule has 1 aliphatic carbocycles. The molecule has 1 unspecified atom stereocenters. The Labute approximate surface area is 217 Å². The van der Waals surface area contributed by atoms with E-state index in [9.17, 15) is 0 Å². The van der Waals surface area contributed by atoms with E-state index in [2.05, 4.69) is 106 Å². The average molecular weight is 479 g/mol. The summed E-state index contributed by atoms with van der Waals surface area (Å²) in [7, 11) is 0. The van der Waals surface area contributed by atoms with Gasteiger partial charge in [0.1, 0.15) is 27.9 Å². The van der Waals surface area contributed by atoms with Crippen LogP contribution in [0.3, 0.4) is 0 Å². The molecule has 3 heteroatoms. The summed E-state index contributed by atoms with van der Waals surface area (Å²) in [5.41, 5.74) is 12.2. The first-order chi connectivity index (χ1) is 19.3. The fourth-order valence-corrected chi connectivity index (χ4v) is 7.01. The van der Waals surface area contributed by atoms with Crippen LogP contribution in [-0.2, 0) is 12.1 Å². The molecule has 1 spiro atoms. The first-order valence-electron chi connectivity index (χ1n) is 14.1. The fourth-order valence-electron chi connectivity index (χ4n) is 7.01. The minimum atomic E-state index is -0.655. The number of hydrogen-bond donors (Lipinski definition) is 0. The van der Waals surface area contributed by atoms with Crippen molar-refractivity contribution in [2.24, 2.45) is 0 Å². The number of benzene rings is 3. The summed E-state index contributed by atoms with van der Waals surface area (Å²) in [6.45, 7) is 0.270. The predicted molar refractivity (Wildman–Crippen MR) is 145 cm³/mol. The van der Waals surface area contributed by atoms with Crippen LogP contribution in [0.5, 0.6) is 0 Å². The zero-order valence-electron chi connectivity index (χ0n) is 22.2. The Kier molecular flexibility index (Phi) is 3.10. The van der Waals surface area contributed by atoms with Crippen LogP contribution in [0.15, 0.2) is 95.7 Å². The second-order valence-corrected chi connectivity index (χ2v) is 10.3. The number of aromatic nitrogens is 2. The van der Waals surface area contributed by atoms with Gasteiger partial charge in [-0.3, -0.25) is 0 Å². The highest BCUT2D eigenvalue weighted by Gasteiger charge is 2.67. The summed E-state index contributed by atoms with van der Waals surface area (Å²) >= 11 is 0. The van der Waals surface area contributed by atoms with Gasteiger partial charge in [-0.2, -0.15) is 0 Å². The molecule has 0 saturated carbocycles. The van der Waals surface area contributed by atoms with E-state index in [0.717, 1.165) is 62.0 Å². The van der Waals surface area contributed by atoms with Crippen LogP contribution in [0.2, 0.25) is 0 Å². The molecule has 0 amide bonds. The van der Waals surface area contributed by atoms with E-state index in [1.807, 2.05) is 0 Å². The highest BCUT2D eigenvalue weighted by Crippen LogP contribution is 2.50. The van der Waals surface area contributed by atoms with Crippen molar-refractivity contribution in [2.45, 2.75) is 25.9 Å². The molecule has 0 N–H and O–H groups in total. The molecule has 3 nitrogen and oxygen atoms in total. The van der Waals surface area contributed by atoms with Gasteiger partial charge in [0.15, 0.2) is 12.4 Å². The van der Waals surface area contributed by atoms with Crippen LogP contribution in [0.1, 0.15) is 36.1 Å². The molecule has 2 aliphatic heterocycles. The van der Waals surface area contributed by atoms with Crippen molar-refractivity contribution in [3.05, 3.63) is 125 Å². The summed E-state index contributed by atoms with van der Waals surface area (Å²) in [5.74, 6) is 0. The maximum Gasteiger partial charge on any atom is 0.417 e. The predicted octanol–water partition coefficient (Wildman–Crippen LogP) is 6.61. The van der Waals surface area contributed by atoms with E-state index in [4.69, 9.17) is 7.16 Å². The van der Waals surface area contributed by atoms with Crippen molar-refractivity contribution >= 4 is 28.0 Å². The van der Waals surface area contributed by atoms with Crippen LogP contribution in [0.25, 0.3) is 50.5 Å². The van der Waals surface area contributed by atoms with E-state index < -0.39 is 5.66 Å². The summed E-state index contributed by atoms with van der Waals surface area (Å²) in [4.78, 5) is 0. The number of rotatable bonds is 0. The van der Waals surface area contributed by atoms with E-state index >= 15 is 0 Å². The molecule has 9 rings (SSSR count). The molecule has 174 valence electrons. The van der Waals surface area contributed by atoms with Gasteiger partial charge >= 0.3 is 5.66 Å². The van der Waals surface area contributed by atoms with Gasteiger partial charge in [0.25, 0.3) is 0 Å². The van der Waals surface area contributed by atoms with Crippen LogP contribution >= 0.6 is 0 Å². The minimum Gasteiger partial charge on any atom is -0.454 e. The van der Waals surface area contributed by atoms with Gasteiger partial charge < -0.3 is 4.42 Å². The highest BCUT2D eigenvalue weighted by molar-refractivity contribution is 6.12. The van der Waals surface area contributed by atoms with Gasteiger partial charge in [0.05, 0.1) is 5.56 Å². The number of fused-ring (bicyclic) bond motifs is 16. The normalized spacial score (nSPS) is 18.6. The monoisotopic (exact) mass is 478 g/mol. The standard InChI is InChI=1S/C34H24N2O/c1-20-18-30-31-28(16-15-25-24-14-13-22-8-7-10-23(22)32(24)37-33(25)31)34(36(30)19-21(20)2)27-11-4-3-9-26(27)29-12-5-6-17-35(29)34/h3-7,9-19H,8H2,1-2H3/q+2/i1D,2D. The maximum absolute atomic E-state index is 8.31. The Hall–Kier alpha value is -4.50. The zero-order valence-corrected chi connectivity index (χ0v) is 20.2. The van der Waals surface area contributed by atoms with Gasteiger partial charge in [-0.05, 0) is 61.7 Å². The Morgan fingerprint density at radius 3 is 2.62 bits per heavy atom. The Morgan fingerprint density at radius 2 is 1.68 bits per heavy atom. The average Bonchev–Trinajstić information content (AvgIpc) is 3.74. The molecule has 3 aromatic carbocycles. The van der Waals surface area contributed by atoms with Crippen LogP contribution < -0.4 is 9.13 Å². The van der Waals surface area contributed by atoms with Crippen LogP contribution in [-0.4, -0.2) is 0 Å². The summed E-state index contributed by atoms with van der Waals surface area (Å²) in [6.07, 6.45) is 9.61. The lowest BCUT2D eigenvalue weighted by Crippen LogP contribution is -2.71. The SMILES string of the molecule is [2H]Cc1cc2[n+](cc1C[2H])C1(c3ccccc3-c3cccc[n+]31)c1ccc3c(oc4c5c(ccc43)CC=C5)c1-2. The maximum atomic E-state index is 8.31. The molecule has 0 bridgehead atoms. The molecular weight excluding hydrogens is 452 g/mol. The third-order valence-electron chi connectivity index (χ3n) is 8.60. The quantitative estimate of drug-likeness (QED) is 0.225. The Bertz CT molecular complexity index is 2040. The van der Waals surface area contributed by atoms with Crippen molar-refractivity contribution in [1.82, 2.24) is 0 Å². The molecule has 37 heavy (non-hydrogen) atoms. The Morgan fingerprint density at radius 1 is 0.811 bits per heavy atom. The molecule has 0 saturated heterocycles. The van der Waals surface area contributed by atoms with Gasteiger partial charge in [0, 0.05) is 42.8 Å². The number of furan rings is 1. The summed E-state index contributed by atoms with van der Waals surface area (Å²) < 4.78 is 28.1. The second kappa shape index (κ2) is 6.43. The third kappa shape index (κ3) is 2.13. The molecule has 3 aromatic heterocycles. The topological polar surface area (TPSA) is 20.9 Å². The van der Waals surface area contributed by atoms with Gasteiger partial charge in [-0.15, -0.1) is 9.13 Å². The molecule has 0 fully saturated rings. The first-order valence-corrected chi connectivity index (χ1v) is 12.7. The van der Waals surface area contributed by atoms with Crippen molar-refractivity contribution in [3.63, 3.8) is 0 Å². The fraction of sp³-hybridized carbons (Fsp3) is 0.118. The van der Waals surface area contributed by atoms with Crippen molar-refractivity contribution in [1.29, 1.82) is 0 Å². The number of allylic oxidation sites excluding steroid dienone is 1. The number of hydrogen-bond acceptors (Lipinski definition) is 1. The molecule has 5 heterocycles. The van der Waals surface area contributed by atoms with Crippen molar-refractivity contribution < 1.29 is 16.3 Å². The van der Waals surface area contributed by atoms with E-state index in [1.165, 1.54) is 22.3 Å². The van der Waals surface area contributed by atoms with Crippen LogP contribution in [0, 0.1) is 13.8 Å². The molecule has 1 atom stereocenters. The molecular formula is C34H24N2O+2. The molecule has 0 radical (unpaired) electrons. The lowest BCUT2D eigenvalue weighted by atomic mass is 9.89. The lowest BCUT2D eigenvalue weighted by molar-refractivity contribution is -0.955. The van der Waals surface area contributed by atoms with Crippen LogP contribution in [0.4, 0.5) is 0 Å². The van der Waals surface area contributed by atoms with Gasteiger partial charge in [-0.1, -0.05) is 36.4 Å². The number of aryl methyl sites for hydroxylation is 2. The minimum absolute atomic E-state index is 0.132. The first kappa shape index (κ1) is 17.9. The summed E-state index contributed by atoms with van der Waals surface area (Å²) in [5, 5.41) is 2.24. The largest absolute Gasteiger partial charge is 0.454 e. The van der Waals surface area contributed by atoms with Crippen molar-refractivity contribution in [2.75, 3.05) is 0 Å². The summed E-state index contributed by atoms with van der Waals surface area (Å²) in [6, 6.07) is 26.1. The number of nitrogens with zero attached hydrogens (tertiary/aromatic N) is 2. The zero-order chi connectivity index (χ0) is 25.9. The molecule has 6 aromatic rings. The van der Waals surface area contributed by atoms with Crippen molar-refractivity contribution in [3.8, 4) is 22.5 Å². The highest BCUT2D eigenvalue weighted by atomic mass is 16.3. The third-order valence-corrected chi connectivity index (χ3v) is 8.60. The lowest BCUT2D eigenvalue weighted by Gasteiger charge is -2.17. The Balaban J connectivity index is 1.50. The number of pyridine rings is 2. The van der Waals surface area contributed by atoms with E-state index in [-0.39, 0.29) is 13.8 Å². The van der Waals surface area contributed by atoms with E-state index in [0.29, 0.717) is 0 Å². The van der Waals surface area contributed by atoms with E-state index in [1.54, 1.807) is 0 Å². The second-order valence-electron chi connectivity index (χ2n) is 10.3. The van der Waals surface area contributed by atoms with Gasteiger partial charge in [0.2, 0.25) is 11.4 Å². The smallest absolute Gasteiger partial charge is 0.417 e. The molecule has 3 aliphatic rings.